The van der Waals surface area contributed by atoms with Crippen LogP contribution in [-0.2, 0) is 16.1 Å². The van der Waals surface area contributed by atoms with E-state index < -0.39 is 18.5 Å². The van der Waals surface area contributed by atoms with Crippen molar-refractivity contribution in [3.05, 3.63) is 63.1 Å². The number of carbonyl (C=O) groups excluding carboxylic acids is 2. The van der Waals surface area contributed by atoms with E-state index in [4.69, 9.17) is 33.7 Å². The van der Waals surface area contributed by atoms with Gasteiger partial charge in [-0.25, -0.2) is 0 Å². The predicted octanol–water partition coefficient (Wildman–Crippen LogP) is 4.60. The maximum absolute atomic E-state index is 11.7. The molecule has 0 spiro atoms. The van der Waals surface area contributed by atoms with Gasteiger partial charge in [0.15, 0.2) is 0 Å². The number of fused-ring (bicyclic) bond motifs is 1. The summed E-state index contributed by atoms with van der Waals surface area (Å²) in [6.45, 7) is 3.35. The fourth-order valence-corrected chi connectivity index (χ4v) is 3.75. The van der Waals surface area contributed by atoms with Gasteiger partial charge in [0.05, 0.1) is 6.04 Å². The lowest BCUT2D eigenvalue weighted by molar-refractivity contribution is -0.156. The standard InChI is InChI=1S/C19H21Cl2N3O.C2HF3O/c1-11(22)19(25)23-14-5-3-12(4-6-14)16-9-24(2)10-17-15(16)7-13(20)8-18(17)21;3-2(4,5)1-6/h3-8,11,16H,9-10,22H2,1-2H3,(H,23,25);1H/t11-,16?;/m0./s1. The summed E-state index contributed by atoms with van der Waals surface area (Å²) in [5.74, 6) is -0.0165. The van der Waals surface area contributed by atoms with Gasteiger partial charge in [-0.05, 0) is 54.9 Å². The molecule has 2 aromatic carbocycles. The van der Waals surface area contributed by atoms with Gasteiger partial charge in [0.1, 0.15) is 0 Å². The quantitative estimate of drug-likeness (QED) is 0.635. The summed E-state index contributed by atoms with van der Waals surface area (Å²) in [5, 5.41) is 4.16. The van der Waals surface area contributed by atoms with Crippen LogP contribution in [0.3, 0.4) is 0 Å². The SMILES string of the molecule is C[C@H](N)C(=O)Nc1ccc(C2CN(C)Cc3c(Cl)cc(Cl)cc32)cc1.O=CC(F)(F)F. The lowest BCUT2D eigenvalue weighted by atomic mass is 9.84. The summed E-state index contributed by atoms with van der Waals surface area (Å²) in [5.41, 5.74) is 9.77. The van der Waals surface area contributed by atoms with E-state index in [1.165, 1.54) is 5.56 Å². The maximum atomic E-state index is 11.7. The van der Waals surface area contributed by atoms with E-state index in [-0.39, 0.29) is 11.8 Å². The zero-order valence-corrected chi connectivity index (χ0v) is 18.4. The van der Waals surface area contributed by atoms with Gasteiger partial charge in [-0.1, -0.05) is 35.3 Å². The first kappa shape index (κ1) is 25.1. The minimum Gasteiger partial charge on any atom is -0.325 e. The summed E-state index contributed by atoms with van der Waals surface area (Å²) in [4.78, 5) is 22.7. The van der Waals surface area contributed by atoms with E-state index in [1.807, 2.05) is 30.3 Å². The molecule has 168 valence electrons. The predicted molar refractivity (Wildman–Crippen MR) is 115 cm³/mol. The van der Waals surface area contributed by atoms with E-state index in [2.05, 4.69) is 17.3 Å². The number of likely N-dealkylation sites (N-methyl/N-ethyl adjacent to an activating group) is 1. The molecule has 0 saturated carbocycles. The van der Waals surface area contributed by atoms with Gasteiger partial charge in [0.25, 0.3) is 0 Å². The Labute approximate surface area is 188 Å². The second-order valence-corrected chi connectivity index (χ2v) is 8.11. The molecule has 31 heavy (non-hydrogen) atoms. The molecule has 1 aliphatic rings. The van der Waals surface area contributed by atoms with Crippen molar-refractivity contribution in [2.24, 2.45) is 5.73 Å². The summed E-state index contributed by atoms with van der Waals surface area (Å²) in [6.07, 6.45) is -5.70. The van der Waals surface area contributed by atoms with E-state index in [1.54, 1.807) is 13.0 Å². The average molecular weight is 476 g/mol. The number of aldehydes is 1. The normalized spacial score (nSPS) is 17.1. The number of nitrogens with zero attached hydrogens (tertiary/aromatic N) is 1. The van der Waals surface area contributed by atoms with Crippen LogP contribution in [0.15, 0.2) is 36.4 Å². The summed E-state index contributed by atoms with van der Waals surface area (Å²) >= 11 is 12.6. The Kier molecular flexibility index (Phi) is 8.48. The number of nitrogens with one attached hydrogen (secondary N) is 1. The number of benzene rings is 2. The lowest BCUT2D eigenvalue weighted by Crippen LogP contribution is -2.32. The molecule has 1 aliphatic heterocycles. The van der Waals surface area contributed by atoms with Crippen LogP contribution >= 0.6 is 23.2 Å². The molecule has 0 aliphatic carbocycles. The van der Waals surface area contributed by atoms with Gasteiger partial charge in [0.2, 0.25) is 12.2 Å². The van der Waals surface area contributed by atoms with Gasteiger partial charge in [0, 0.05) is 34.7 Å². The second kappa shape index (κ2) is 10.5. The third kappa shape index (κ3) is 7.21. The van der Waals surface area contributed by atoms with E-state index >= 15 is 0 Å². The Balaban J connectivity index is 0.000000501. The number of amides is 1. The molecule has 0 fully saturated rings. The molecule has 0 radical (unpaired) electrons. The Hall–Kier alpha value is -2.13. The van der Waals surface area contributed by atoms with Crippen LogP contribution in [0.4, 0.5) is 18.9 Å². The van der Waals surface area contributed by atoms with E-state index in [0.29, 0.717) is 10.0 Å². The molecule has 1 unspecified atom stereocenters. The minimum absolute atomic E-state index is 0.183. The van der Waals surface area contributed by atoms with Crippen molar-refractivity contribution in [1.82, 2.24) is 4.90 Å². The number of nitrogens with two attached hydrogens (primary N) is 1. The molecule has 1 amide bonds. The van der Waals surface area contributed by atoms with Crippen LogP contribution in [0.25, 0.3) is 0 Å². The molecule has 10 heteroatoms. The molecule has 2 atom stereocenters. The largest absolute Gasteiger partial charge is 0.446 e. The van der Waals surface area contributed by atoms with Gasteiger partial charge < -0.3 is 16.0 Å². The summed E-state index contributed by atoms with van der Waals surface area (Å²) < 4.78 is 31.2. The third-order valence-corrected chi connectivity index (χ3v) is 5.18. The molecule has 5 nitrogen and oxygen atoms in total. The number of alkyl halides is 3. The fraction of sp³-hybridized carbons (Fsp3) is 0.333. The summed E-state index contributed by atoms with van der Waals surface area (Å²) in [6, 6.07) is 11.1. The van der Waals surface area contributed by atoms with Crippen molar-refractivity contribution in [2.45, 2.75) is 31.6 Å². The van der Waals surface area contributed by atoms with Crippen LogP contribution in [0.1, 0.15) is 29.5 Å². The fourth-order valence-electron chi connectivity index (χ4n) is 3.19. The lowest BCUT2D eigenvalue weighted by Gasteiger charge is -2.33. The number of carbonyl (C=O) groups is 2. The van der Waals surface area contributed by atoms with Crippen LogP contribution in [-0.4, -0.2) is 42.9 Å². The van der Waals surface area contributed by atoms with Crippen LogP contribution in [0.2, 0.25) is 10.0 Å². The summed E-state index contributed by atoms with van der Waals surface area (Å²) in [7, 11) is 2.08. The average Bonchev–Trinajstić information content (AvgIpc) is 2.68. The van der Waals surface area contributed by atoms with Crippen molar-refractivity contribution < 1.29 is 22.8 Å². The van der Waals surface area contributed by atoms with Crippen LogP contribution in [0, 0.1) is 0 Å². The van der Waals surface area contributed by atoms with Crippen molar-refractivity contribution in [3.8, 4) is 0 Å². The number of anilines is 1. The van der Waals surface area contributed by atoms with Crippen molar-refractivity contribution in [3.63, 3.8) is 0 Å². The minimum atomic E-state index is -4.64. The topological polar surface area (TPSA) is 75.4 Å². The molecule has 1 heterocycles. The highest BCUT2D eigenvalue weighted by Gasteiger charge is 2.27. The first-order valence-corrected chi connectivity index (χ1v) is 10.0. The van der Waals surface area contributed by atoms with Gasteiger partial charge in [-0.15, -0.1) is 0 Å². The van der Waals surface area contributed by atoms with Crippen LogP contribution in [0.5, 0.6) is 0 Å². The molecule has 3 rings (SSSR count). The molecule has 0 aromatic heterocycles. The zero-order chi connectivity index (χ0) is 23.3. The highest BCUT2D eigenvalue weighted by Crippen LogP contribution is 2.38. The van der Waals surface area contributed by atoms with Crippen molar-refractivity contribution in [1.29, 1.82) is 0 Å². The molecular formula is C21H22Cl2F3N3O2. The van der Waals surface area contributed by atoms with E-state index in [0.717, 1.165) is 29.9 Å². The second-order valence-electron chi connectivity index (χ2n) is 7.26. The highest BCUT2D eigenvalue weighted by molar-refractivity contribution is 6.35. The number of halogens is 5. The van der Waals surface area contributed by atoms with E-state index in [9.17, 15) is 18.0 Å². The number of rotatable bonds is 3. The number of hydrogen-bond acceptors (Lipinski definition) is 4. The first-order chi connectivity index (χ1) is 14.4. The molecular weight excluding hydrogens is 454 g/mol. The Morgan fingerprint density at radius 2 is 1.84 bits per heavy atom. The Morgan fingerprint density at radius 1 is 1.26 bits per heavy atom. The van der Waals surface area contributed by atoms with Gasteiger partial charge >= 0.3 is 6.18 Å². The molecule has 0 bridgehead atoms. The molecule has 3 N–H and O–H groups in total. The first-order valence-electron chi connectivity index (χ1n) is 9.27. The molecule has 0 saturated heterocycles. The van der Waals surface area contributed by atoms with Crippen LogP contribution < -0.4 is 11.1 Å². The Bertz CT molecular complexity index is 935. The Morgan fingerprint density at radius 3 is 2.35 bits per heavy atom. The highest BCUT2D eigenvalue weighted by atomic mass is 35.5. The monoisotopic (exact) mass is 475 g/mol. The molecule has 2 aromatic rings. The van der Waals surface area contributed by atoms with Crippen molar-refractivity contribution in [2.75, 3.05) is 18.9 Å². The number of hydrogen-bond donors (Lipinski definition) is 2. The zero-order valence-electron chi connectivity index (χ0n) is 16.8. The van der Waals surface area contributed by atoms with Gasteiger partial charge in [-0.2, -0.15) is 13.2 Å². The van der Waals surface area contributed by atoms with Gasteiger partial charge in [-0.3, -0.25) is 9.59 Å². The third-order valence-electron chi connectivity index (χ3n) is 4.62. The maximum Gasteiger partial charge on any atom is 0.446 e. The smallest absolute Gasteiger partial charge is 0.325 e. The van der Waals surface area contributed by atoms with Crippen molar-refractivity contribution >= 4 is 41.1 Å².